The Hall–Kier alpha value is -3.35. The number of benzene rings is 2. The highest BCUT2D eigenvalue weighted by Gasteiger charge is 2.13. The third-order valence-corrected chi connectivity index (χ3v) is 4.46. The van der Waals surface area contributed by atoms with Crippen LogP contribution >= 0.6 is 0 Å². The fraction of sp³-hybridized carbons (Fsp3) is 0.348. The minimum Gasteiger partial charge on any atom is -0.376 e. The number of nitrogens with one attached hydrogen (secondary N) is 3. The summed E-state index contributed by atoms with van der Waals surface area (Å²) in [6, 6.07) is 13.9. The smallest absolute Gasteiger partial charge is 0.253 e. The van der Waals surface area contributed by atoms with Crippen LogP contribution in [0.4, 0.5) is 11.4 Å². The van der Waals surface area contributed by atoms with Crippen molar-refractivity contribution in [3.8, 4) is 0 Å². The summed E-state index contributed by atoms with van der Waals surface area (Å²) < 4.78 is 0. The number of carbonyl (C=O) groups is 3. The molecule has 0 aliphatic carbocycles. The van der Waals surface area contributed by atoms with Crippen LogP contribution in [0.2, 0.25) is 0 Å². The lowest BCUT2D eigenvalue weighted by atomic mass is 10.1. The minimum atomic E-state index is -0.232. The average molecular weight is 411 g/mol. The van der Waals surface area contributed by atoms with Crippen molar-refractivity contribution in [3.63, 3.8) is 0 Å². The average Bonchev–Trinajstić information content (AvgIpc) is 2.73. The van der Waals surface area contributed by atoms with E-state index < -0.39 is 0 Å². The van der Waals surface area contributed by atoms with Crippen LogP contribution < -0.4 is 16.0 Å². The summed E-state index contributed by atoms with van der Waals surface area (Å²) >= 11 is 0. The van der Waals surface area contributed by atoms with E-state index >= 15 is 0 Å². The zero-order valence-electron chi connectivity index (χ0n) is 18.0. The molecule has 0 saturated heterocycles. The fourth-order valence-electron chi connectivity index (χ4n) is 2.90. The Morgan fingerprint density at radius 2 is 1.57 bits per heavy atom. The second-order valence-corrected chi connectivity index (χ2v) is 7.17. The molecule has 0 fully saturated rings. The molecule has 0 heterocycles. The summed E-state index contributed by atoms with van der Waals surface area (Å²) in [5.41, 5.74) is 2.41. The van der Waals surface area contributed by atoms with Gasteiger partial charge in [0.25, 0.3) is 11.8 Å². The van der Waals surface area contributed by atoms with Crippen molar-refractivity contribution in [1.82, 2.24) is 10.2 Å². The maximum absolute atomic E-state index is 12.5. The molecule has 0 spiro atoms. The predicted octanol–water partition coefficient (Wildman–Crippen LogP) is 3.36. The van der Waals surface area contributed by atoms with Crippen molar-refractivity contribution < 1.29 is 14.4 Å². The highest BCUT2D eigenvalue weighted by atomic mass is 16.2. The quantitative estimate of drug-likeness (QED) is 0.591. The van der Waals surface area contributed by atoms with Crippen LogP contribution in [0.5, 0.6) is 0 Å². The Morgan fingerprint density at radius 1 is 0.900 bits per heavy atom. The number of anilines is 2. The summed E-state index contributed by atoms with van der Waals surface area (Å²) in [5, 5.41) is 8.66. The molecule has 0 unspecified atom stereocenters. The minimum absolute atomic E-state index is 0.0594. The van der Waals surface area contributed by atoms with Crippen LogP contribution in [0.1, 0.15) is 48.4 Å². The van der Waals surface area contributed by atoms with E-state index in [-0.39, 0.29) is 30.3 Å². The third kappa shape index (κ3) is 6.62. The molecule has 0 bridgehead atoms. The Morgan fingerprint density at radius 3 is 2.17 bits per heavy atom. The summed E-state index contributed by atoms with van der Waals surface area (Å²) in [6.07, 6.45) is 0. The molecule has 0 saturated carbocycles. The number of hydrogen-bond donors (Lipinski definition) is 3. The summed E-state index contributed by atoms with van der Waals surface area (Å²) in [6.45, 7) is 9.00. The second kappa shape index (κ2) is 11.0. The second-order valence-electron chi connectivity index (χ2n) is 7.17. The number of amides is 3. The first-order valence-corrected chi connectivity index (χ1v) is 10.2. The van der Waals surface area contributed by atoms with Gasteiger partial charge >= 0.3 is 0 Å². The van der Waals surface area contributed by atoms with Gasteiger partial charge < -0.3 is 20.9 Å². The van der Waals surface area contributed by atoms with Gasteiger partial charge in [-0.1, -0.05) is 6.07 Å². The first kappa shape index (κ1) is 22.9. The lowest BCUT2D eigenvalue weighted by molar-refractivity contribution is -0.114. The van der Waals surface area contributed by atoms with Crippen molar-refractivity contribution in [1.29, 1.82) is 0 Å². The molecule has 0 aliphatic rings. The van der Waals surface area contributed by atoms with Crippen molar-refractivity contribution in [2.24, 2.45) is 0 Å². The number of carbonyl (C=O) groups excluding carboxylic acids is 3. The zero-order chi connectivity index (χ0) is 22.1. The van der Waals surface area contributed by atoms with E-state index in [4.69, 9.17) is 0 Å². The van der Waals surface area contributed by atoms with Crippen LogP contribution in [0.3, 0.4) is 0 Å². The van der Waals surface area contributed by atoms with E-state index in [1.165, 1.54) is 0 Å². The number of nitrogens with zero attached hydrogens (tertiary/aromatic N) is 1. The van der Waals surface area contributed by atoms with Crippen molar-refractivity contribution >= 4 is 29.1 Å². The molecule has 30 heavy (non-hydrogen) atoms. The molecular formula is C23H30N4O3. The van der Waals surface area contributed by atoms with Gasteiger partial charge in [0.05, 0.1) is 6.54 Å². The molecule has 7 nitrogen and oxygen atoms in total. The van der Waals surface area contributed by atoms with E-state index in [9.17, 15) is 14.4 Å². The first-order chi connectivity index (χ1) is 14.3. The van der Waals surface area contributed by atoms with Gasteiger partial charge in [-0.15, -0.1) is 0 Å². The molecule has 3 N–H and O–H groups in total. The van der Waals surface area contributed by atoms with Gasteiger partial charge in [-0.05, 0) is 70.2 Å². The maximum Gasteiger partial charge on any atom is 0.253 e. The molecule has 160 valence electrons. The SMILES string of the molecule is CCN(CC)C(=O)c1cccc(NC(=O)CNc2ccc(C(=O)NC(C)C)cc2)c1. The summed E-state index contributed by atoms with van der Waals surface area (Å²) in [7, 11) is 0. The van der Waals surface area contributed by atoms with Crippen LogP contribution in [-0.2, 0) is 4.79 Å². The highest BCUT2D eigenvalue weighted by Crippen LogP contribution is 2.14. The van der Waals surface area contributed by atoms with Crippen molar-refractivity contribution in [2.45, 2.75) is 33.7 Å². The highest BCUT2D eigenvalue weighted by molar-refractivity contribution is 5.98. The molecule has 2 aromatic rings. The molecule has 2 rings (SSSR count). The number of rotatable bonds is 9. The Bertz CT molecular complexity index is 874. The lowest BCUT2D eigenvalue weighted by Gasteiger charge is -2.19. The Kier molecular flexibility index (Phi) is 8.41. The van der Waals surface area contributed by atoms with Crippen molar-refractivity contribution in [2.75, 3.05) is 30.3 Å². The molecule has 0 radical (unpaired) electrons. The molecule has 2 aromatic carbocycles. The lowest BCUT2D eigenvalue weighted by Crippen LogP contribution is -2.30. The largest absolute Gasteiger partial charge is 0.376 e. The van der Waals surface area contributed by atoms with Crippen LogP contribution in [-0.4, -0.2) is 48.3 Å². The topological polar surface area (TPSA) is 90.5 Å². The van der Waals surface area contributed by atoms with Gasteiger partial charge in [0.15, 0.2) is 0 Å². The van der Waals surface area contributed by atoms with Gasteiger partial charge in [0.2, 0.25) is 5.91 Å². The monoisotopic (exact) mass is 410 g/mol. The first-order valence-electron chi connectivity index (χ1n) is 10.2. The van der Waals surface area contributed by atoms with Crippen LogP contribution in [0.25, 0.3) is 0 Å². The van der Waals surface area contributed by atoms with Gasteiger partial charge in [-0.2, -0.15) is 0 Å². The number of hydrogen-bond acceptors (Lipinski definition) is 4. The van der Waals surface area contributed by atoms with Crippen molar-refractivity contribution in [3.05, 3.63) is 59.7 Å². The van der Waals surface area contributed by atoms with E-state index in [2.05, 4.69) is 16.0 Å². The fourth-order valence-corrected chi connectivity index (χ4v) is 2.90. The third-order valence-electron chi connectivity index (χ3n) is 4.46. The Labute approximate surface area is 177 Å². The zero-order valence-corrected chi connectivity index (χ0v) is 18.0. The van der Waals surface area contributed by atoms with Crippen LogP contribution in [0, 0.1) is 0 Å². The summed E-state index contributed by atoms with van der Waals surface area (Å²) in [5.74, 6) is -0.423. The van der Waals surface area contributed by atoms with E-state index in [1.54, 1.807) is 53.4 Å². The maximum atomic E-state index is 12.5. The van der Waals surface area contributed by atoms with Gasteiger partial charge in [0, 0.05) is 41.6 Å². The van der Waals surface area contributed by atoms with Gasteiger partial charge in [-0.3, -0.25) is 14.4 Å². The Balaban J connectivity index is 1.91. The molecule has 7 heteroatoms. The molecular weight excluding hydrogens is 380 g/mol. The van der Waals surface area contributed by atoms with Crippen LogP contribution in [0.15, 0.2) is 48.5 Å². The molecule has 0 aromatic heterocycles. The predicted molar refractivity (Wildman–Crippen MR) is 120 cm³/mol. The van der Waals surface area contributed by atoms with E-state index in [0.717, 1.165) is 5.69 Å². The molecule has 0 aliphatic heterocycles. The van der Waals surface area contributed by atoms with E-state index in [1.807, 2.05) is 27.7 Å². The van der Waals surface area contributed by atoms with E-state index in [0.29, 0.717) is 29.9 Å². The summed E-state index contributed by atoms with van der Waals surface area (Å²) in [4.78, 5) is 38.4. The standard InChI is InChI=1S/C23H30N4O3/c1-5-27(6-2)23(30)18-8-7-9-20(14-18)26-21(28)15-24-19-12-10-17(11-13-19)22(29)25-16(3)4/h7-14,16,24H,5-6,15H2,1-4H3,(H,25,29)(H,26,28). The normalized spacial score (nSPS) is 10.4. The van der Waals surface area contributed by atoms with Gasteiger partial charge in [0.1, 0.15) is 0 Å². The van der Waals surface area contributed by atoms with Gasteiger partial charge in [-0.25, -0.2) is 0 Å². The molecule has 3 amide bonds. The molecule has 0 atom stereocenters.